The highest BCUT2D eigenvalue weighted by Gasteiger charge is 2.39. The maximum Gasteiger partial charge on any atom is 0.224 e. The SMILES string of the molecule is CC1CCC(CN)(NC(=O)C2CCS(=O)(=O)C2)CC1. The van der Waals surface area contributed by atoms with Crippen molar-refractivity contribution in [2.24, 2.45) is 17.6 Å². The molecule has 1 heterocycles. The lowest BCUT2D eigenvalue weighted by molar-refractivity contribution is -0.126. The lowest BCUT2D eigenvalue weighted by atomic mass is 9.77. The molecule has 2 rings (SSSR count). The van der Waals surface area contributed by atoms with Crippen molar-refractivity contribution in [3.63, 3.8) is 0 Å². The van der Waals surface area contributed by atoms with Gasteiger partial charge in [-0.1, -0.05) is 6.92 Å². The van der Waals surface area contributed by atoms with Crippen LogP contribution in [0.2, 0.25) is 0 Å². The Morgan fingerprint density at radius 1 is 1.32 bits per heavy atom. The Morgan fingerprint density at radius 3 is 2.42 bits per heavy atom. The van der Waals surface area contributed by atoms with Gasteiger partial charge in [0.15, 0.2) is 9.84 Å². The Bertz CT molecular complexity index is 439. The van der Waals surface area contributed by atoms with Gasteiger partial charge in [-0.2, -0.15) is 0 Å². The molecule has 0 aromatic heterocycles. The summed E-state index contributed by atoms with van der Waals surface area (Å²) in [5.41, 5.74) is 5.54. The Balaban J connectivity index is 1.97. The summed E-state index contributed by atoms with van der Waals surface area (Å²) in [5, 5.41) is 3.05. The highest BCUT2D eigenvalue weighted by atomic mass is 32.2. The van der Waals surface area contributed by atoms with Crippen molar-refractivity contribution in [3.8, 4) is 0 Å². The Labute approximate surface area is 115 Å². The van der Waals surface area contributed by atoms with E-state index in [1.807, 2.05) is 0 Å². The van der Waals surface area contributed by atoms with E-state index in [9.17, 15) is 13.2 Å². The van der Waals surface area contributed by atoms with Gasteiger partial charge in [0.1, 0.15) is 0 Å². The second kappa shape index (κ2) is 5.40. The fourth-order valence-corrected chi connectivity index (χ4v) is 4.80. The molecular weight excluding hydrogens is 264 g/mol. The van der Waals surface area contributed by atoms with E-state index in [0.29, 0.717) is 18.9 Å². The van der Waals surface area contributed by atoms with Gasteiger partial charge < -0.3 is 11.1 Å². The van der Waals surface area contributed by atoms with Gasteiger partial charge in [0.05, 0.1) is 23.0 Å². The molecule has 1 unspecified atom stereocenters. The van der Waals surface area contributed by atoms with Crippen LogP contribution in [0.1, 0.15) is 39.0 Å². The number of nitrogens with two attached hydrogens (primary N) is 1. The zero-order chi connectivity index (χ0) is 14.1. The van der Waals surface area contributed by atoms with Crippen molar-refractivity contribution in [2.75, 3.05) is 18.1 Å². The van der Waals surface area contributed by atoms with E-state index < -0.39 is 9.84 Å². The third-order valence-corrected chi connectivity index (χ3v) is 6.38. The van der Waals surface area contributed by atoms with Gasteiger partial charge in [-0.25, -0.2) is 8.42 Å². The number of rotatable bonds is 3. The molecule has 1 atom stereocenters. The molecule has 1 saturated carbocycles. The Kier molecular flexibility index (Phi) is 4.20. The third-order valence-electron chi connectivity index (χ3n) is 4.61. The van der Waals surface area contributed by atoms with Crippen molar-refractivity contribution in [2.45, 2.75) is 44.6 Å². The van der Waals surface area contributed by atoms with Crippen molar-refractivity contribution in [1.29, 1.82) is 0 Å². The molecule has 1 aliphatic carbocycles. The fraction of sp³-hybridized carbons (Fsp3) is 0.923. The first-order chi connectivity index (χ1) is 8.86. The molecule has 0 bridgehead atoms. The van der Waals surface area contributed by atoms with Gasteiger partial charge in [0.2, 0.25) is 5.91 Å². The Morgan fingerprint density at radius 2 is 1.95 bits per heavy atom. The molecule has 0 aromatic carbocycles. The van der Waals surface area contributed by atoms with Crippen LogP contribution in [0.25, 0.3) is 0 Å². The van der Waals surface area contributed by atoms with E-state index in [1.165, 1.54) is 0 Å². The minimum absolute atomic E-state index is 0.00408. The molecule has 5 nitrogen and oxygen atoms in total. The summed E-state index contributed by atoms with van der Waals surface area (Å²) in [7, 11) is -3.01. The highest BCUT2D eigenvalue weighted by Crippen LogP contribution is 2.32. The first-order valence-corrected chi connectivity index (χ1v) is 8.90. The standard InChI is InChI=1S/C13H24N2O3S/c1-10-2-5-13(9-14,6-3-10)15-12(16)11-4-7-19(17,18)8-11/h10-11H,2-9,14H2,1H3,(H,15,16). The van der Waals surface area contributed by atoms with Crippen molar-refractivity contribution in [3.05, 3.63) is 0 Å². The molecule has 2 fully saturated rings. The zero-order valence-corrected chi connectivity index (χ0v) is 12.3. The molecule has 1 amide bonds. The molecular formula is C13H24N2O3S. The van der Waals surface area contributed by atoms with Crippen molar-refractivity contribution in [1.82, 2.24) is 5.32 Å². The quantitative estimate of drug-likeness (QED) is 0.789. The molecule has 19 heavy (non-hydrogen) atoms. The molecule has 3 N–H and O–H groups in total. The van der Waals surface area contributed by atoms with E-state index in [1.54, 1.807) is 0 Å². The monoisotopic (exact) mass is 288 g/mol. The largest absolute Gasteiger partial charge is 0.349 e. The molecule has 0 radical (unpaired) electrons. The van der Waals surface area contributed by atoms with Crippen LogP contribution in [-0.4, -0.2) is 37.9 Å². The fourth-order valence-electron chi connectivity index (χ4n) is 3.06. The number of carbonyl (C=O) groups excluding carboxylic acids is 1. The van der Waals surface area contributed by atoms with E-state index in [-0.39, 0.29) is 28.9 Å². The molecule has 0 spiro atoms. The van der Waals surface area contributed by atoms with Crippen LogP contribution in [0.5, 0.6) is 0 Å². The lowest BCUT2D eigenvalue weighted by Gasteiger charge is -2.39. The first kappa shape index (κ1) is 14.8. The average Bonchev–Trinajstić information content (AvgIpc) is 2.73. The van der Waals surface area contributed by atoms with E-state index >= 15 is 0 Å². The van der Waals surface area contributed by atoms with E-state index in [4.69, 9.17) is 5.73 Å². The number of carbonyl (C=O) groups is 1. The lowest BCUT2D eigenvalue weighted by Crippen LogP contribution is -2.56. The minimum Gasteiger partial charge on any atom is -0.349 e. The van der Waals surface area contributed by atoms with Crippen molar-refractivity contribution >= 4 is 15.7 Å². The van der Waals surface area contributed by atoms with Gasteiger partial charge >= 0.3 is 0 Å². The van der Waals surface area contributed by atoms with Gasteiger partial charge in [0, 0.05) is 6.54 Å². The van der Waals surface area contributed by atoms with Crippen LogP contribution in [0.4, 0.5) is 0 Å². The topological polar surface area (TPSA) is 89.3 Å². The normalized spacial score (nSPS) is 38.0. The smallest absolute Gasteiger partial charge is 0.224 e. The van der Waals surface area contributed by atoms with Crippen LogP contribution in [0, 0.1) is 11.8 Å². The molecule has 6 heteroatoms. The van der Waals surface area contributed by atoms with Crippen LogP contribution >= 0.6 is 0 Å². The van der Waals surface area contributed by atoms with Gasteiger partial charge in [0.25, 0.3) is 0 Å². The summed E-state index contributed by atoms with van der Waals surface area (Å²) >= 11 is 0. The number of amides is 1. The van der Waals surface area contributed by atoms with Gasteiger partial charge in [-0.05, 0) is 38.0 Å². The summed E-state index contributed by atoms with van der Waals surface area (Å²) in [6.45, 7) is 2.65. The molecule has 0 aromatic rings. The van der Waals surface area contributed by atoms with Gasteiger partial charge in [-0.3, -0.25) is 4.79 Å². The Hall–Kier alpha value is -0.620. The maximum absolute atomic E-state index is 12.2. The summed E-state index contributed by atoms with van der Waals surface area (Å²) in [6.07, 6.45) is 4.39. The number of nitrogens with one attached hydrogen (secondary N) is 1. The molecule has 1 aliphatic heterocycles. The number of hydrogen-bond donors (Lipinski definition) is 2. The number of sulfone groups is 1. The summed E-state index contributed by atoms with van der Waals surface area (Å²) in [6, 6.07) is 0. The van der Waals surface area contributed by atoms with Crippen LogP contribution in [-0.2, 0) is 14.6 Å². The predicted molar refractivity (Wildman–Crippen MR) is 74.3 cm³/mol. The predicted octanol–water partition coefficient (Wildman–Crippen LogP) is 0.445. The molecule has 110 valence electrons. The second-order valence-corrected chi connectivity index (χ2v) is 8.48. The van der Waals surface area contributed by atoms with E-state index in [0.717, 1.165) is 25.7 Å². The first-order valence-electron chi connectivity index (χ1n) is 7.08. The van der Waals surface area contributed by atoms with Crippen LogP contribution in [0.3, 0.4) is 0 Å². The van der Waals surface area contributed by atoms with Crippen LogP contribution < -0.4 is 11.1 Å². The van der Waals surface area contributed by atoms with Crippen molar-refractivity contribution < 1.29 is 13.2 Å². The molecule has 1 saturated heterocycles. The van der Waals surface area contributed by atoms with Gasteiger partial charge in [-0.15, -0.1) is 0 Å². The second-order valence-electron chi connectivity index (χ2n) is 6.26. The maximum atomic E-state index is 12.2. The minimum atomic E-state index is -3.01. The van der Waals surface area contributed by atoms with Crippen LogP contribution in [0.15, 0.2) is 0 Å². The van der Waals surface area contributed by atoms with E-state index in [2.05, 4.69) is 12.2 Å². The summed E-state index contributed by atoms with van der Waals surface area (Å²) in [4.78, 5) is 12.2. The number of hydrogen-bond acceptors (Lipinski definition) is 4. The summed E-state index contributed by atoms with van der Waals surface area (Å²) in [5.74, 6) is 0.311. The third kappa shape index (κ3) is 3.48. The zero-order valence-electron chi connectivity index (χ0n) is 11.5. The highest BCUT2D eigenvalue weighted by molar-refractivity contribution is 7.91. The average molecular weight is 288 g/mol. The molecule has 2 aliphatic rings. The summed E-state index contributed by atoms with van der Waals surface area (Å²) < 4.78 is 22.9.